The fourth-order valence-corrected chi connectivity index (χ4v) is 6.25. The van der Waals surface area contributed by atoms with Crippen LogP contribution in [0.4, 0.5) is 11.4 Å². The van der Waals surface area contributed by atoms with E-state index in [0.29, 0.717) is 23.5 Å². The highest BCUT2D eigenvalue weighted by atomic mass is 32.2. The number of amides is 1. The lowest BCUT2D eigenvalue weighted by Crippen LogP contribution is -2.35. The fourth-order valence-electron chi connectivity index (χ4n) is 4.62. The number of carbonyl (C=O) groups is 1. The predicted octanol–water partition coefficient (Wildman–Crippen LogP) is 4.71. The Kier molecular flexibility index (Phi) is 6.19. The molecule has 5 rings (SSSR count). The molecule has 0 spiro atoms. The molecule has 1 aliphatic heterocycles. The average Bonchev–Trinajstić information content (AvgIpc) is 3.69. The molecular formula is C28H27N3O4S. The predicted molar refractivity (Wildman–Crippen MR) is 138 cm³/mol. The summed E-state index contributed by atoms with van der Waals surface area (Å²) in [7, 11) is -3.72. The molecule has 3 aromatic rings. The Hall–Kier alpha value is -3.83. The van der Waals surface area contributed by atoms with Gasteiger partial charge in [-0.15, -0.1) is 0 Å². The van der Waals surface area contributed by atoms with Crippen molar-refractivity contribution in [2.75, 3.05) is 22.8 Å². The molecule has 184 valence electrons. The van der Waals surface area contributed by atoms with Crippen molar-refractivity contribution >= 4 is 27.3 Å². The van der Waals surface area contributed by atoms with Gasteiger partial charge in [-0.1, -0.05) is 30.3 Å². The molecule has 1 saturated carbocycles. The zero-order valence-corrected chi connectivity index (χ0v) is 20.8. The van der Waals surface area contributed by atoms with Crippen LogP contribution in [-0.4, -0.2) is 27.5 Å². The van der Waals surface area contributed by atoms with Crippen molar-refractivity contribution in [3.8, 4) is 11.8 Å². The molecule has 1 amide bonds. The second kappa shape index (κ2) is 9.32. The lowest BCUT2D eigenvalue weighted by molar-refractivity contribution is -0.118. The van der Waals surface area contributed by atoms with Crippen molar-refractivity contribution in [2.45, 2.75) is 42.9 Å². The van der Waals surface area contributed by atoms with Crippen molar-refractivity contribution < 1.29 is 17.9 Å². The highest BCUT2D eigenvalue weighted by Gasteiger charge is 2.44. The summed E-state index contributed by atoms with van der Waals surface area (Å²) in [5.74, 6) is 0.119. The molecule has 0 atom stereocenters. The number of nitrogens with zero attached hydrogens (tertiary/aromatic N) is 2. The first-order valence-corrected chi connectivity index (χ1v) is 13.4. The summed E-state index contributed by atoms with van der Waals surface area (Å²) in [5, 5.41) is 12.1. The number of nitriles is 1. The second-order valence-corrected chi connectivity index (χ2v) is 11.2. The number of benzene rings is 3. The quantitative estimate of drug-likeness (QED) is 0.506. The molecular weight excluding hydrogens is 474 g/mol. The van der Waals surface area contributed by atoms with Gasteiger partial charge in [-0.3, -0.25) is 9.10 Å². The molecule has 0 bridgehead atoms. The molecule has 0 saturated heterocycles. The Morgan fingerprint density at radius 1 is 1.11 bits per heavy atom. The third-order valence-electron chi connectivity index (χ3n) is 6.85. The number of aryl methyl sites for hydroxylation is 2. The maximum absolute atomic E-state index is 13.4. The molecule has 0 unspecified atom stereocenters. The Balaban J connectivity index is 1.23. The zero-order valence-electron chi connectivity index (χ0n) is 20.0. The maximum atomic E-state index is 13.4. The van der Waals surface area contributed by atoms with Crippen molar-refractivity contribution in [1.29, 1.82) is 5.26 Å². The monoisotopic (exact) mass is 501 g/mol. The fraction of sp³-hybridized carbons (Fsp3) is 0.286. The van der Waals surface area contributed by atoms with Gasteiger partial charge in [-0.2, -0.15) is 5.26 Å². The van der Waals surface area contributed by atoms with Crippen LogP contribution in [0.5, 0.6) is 5.75 Å². The number of rotatable bonds is 7. The van der Waals surface area contributed by atoms with Gasteiger partial charge in [-0.25, -0.2) is 8.42 Å². The number of carbonyl (C=O) groups excluding carboxylic acids is 1. The summed E-state index contributed by atoms with van der Waals surface area (Å²) in [4.78, 5) is 12.6. The maximum Gasteiger partial charge on any atom is 0.264 e. The van der Waals surface area contributed by atoms with Gasteiger partial charge in [0.1, 0.15) is 5.75 Å². The average molecular weight is 502 g/mol. The van der Waals surface area contributed by atoms with Gasteiger partial charge in [0.15, 0.2) is 6.61 Å². The molecule has 0 aromatic heterocycles. The van der Waals surface area contributed by atoms with E-state index in [1.54, 1.807) is 31.2 Å². The Labute approximate surface area is 211 Å². The number of sulfonamides is 1. The number of para-hydroxylation sites is 1. The summed E-state index contributed by atoms with van der Waals surface area (Å²) in [6, 6.07) is 22.0. The Morgan fingerprint density at radius 3 is 2.56 bits per heavy atom. The van der Waals surface area contributed by atoms with Gasteiger partial charge >= 0.3 is 0 Å². The first-order valence-electron chi connectivity index (χ1n) is 12.0. The molecule has 1 heterocycles. The summed E-state index contributed by atoms with van der Waals surface area (Å²) in [6.45, 7) is 1.99. The van der Waals surface area contributed by atoms with E-state index in [0.717, 1.165) is 42.5 Å². The number of nitrogens with one attached hydrogen (secondary N) is 1. The molecule has 1 N–H and O–H groups in total. The highest BCUT2D eigenvalue weighted by molar-refractivity contribution is 7.92. The standard InChI is InChI=1S/C28H27N3O4S/c1-20-17-24(36(33,34)31-16-4-6-21-5-2-3-7-25(21)31)12-13-26(20)35-18-27(32)30-23-10-8-22(9-11-23)28(19-29)14-15-28/h2-3,5,7-13,17H,4,6,14-16,18H2,1H3,(H,30,32). The van der Waals surface area contributed by atoms with Gasteiger partial charge < -0.3 is 10.1 Å². The Bertz CT molecular complexity index is 1450. The minimum absolute atomic E-state index is 0.194. The van der Waals surface area contributed by atoms with E-state index in [-0.39, 0.29) is 22.8 Å². The minimum atomic E-state index is -3.72. The first kappa shape index (κ1) is 23.9. The van der Waals surface area contributed by atoms with Crippen molar-refractivity contribution in [3.05, 3.63) is 83.4 Å². The van der Waals surface area contributed by atoms with Crippen LogP contribution in [0, 0.1) is 18.3 Å². The molecule has 0 radical (unpaired) electrons. The number of hydrogen-bond donors (Lipinski definition) is 1. The van der Waals surface area contributed by atoms with Crippen molar-refractivity contribution in [3.63, 3.8) is 0 Å². The van der Waals surface area contributed by atoms with Crippen LogP contribution >= 0.6 is 0 Å². The summed E-state index contributed by atoms with van der Waals surface area (Å²) in [6.07, 6.45) is 3.37. The van der Waals surface area contributed by atoms with E-state index in [2.05, 4.69) is 11.4 Å². The van der Waals surface area contributed by atoms with E-state index < -0.39 is 10.0 Å². The van der Waals surface area contributed by atoms with Gasteiger partial charge in [0, 0.05) is 12.2 Å². The third kappa shape index (κ3) is 4.54. The van der Waals surface area contributed by atoms with Gasteiger partial charge in [-0.05, 0) is 85.7 Å². The van der Waals surface area contributed by atoms with Gasteiger partial charge in [0.2, 0.25) is 0 Å². The highest BCUT2D eigenvalue weighted by Crippen LogP contribution is 2.47. The number of fused-ring (bicyclic) bond motifs is 1. The van der Waals surface area contributed by atoms with Crippen LogP contribution < -0.4 is 14.4 Å². The topological polar surface area (TPSA) is 99.5 Å². The Morgan fingerprint density at radius 2 is 1.86 bits per heavy atom. The van der Waals surface area contributed by atoms with E-state index in [4.69, 9.17) is 4.74 Å². The van der Waals surface area contributed by atoms with Crippen LogP contribution in [0.15, 0.2) is 71.6 Å². The number of hydrogen-bond acceptors (Lipinski definition) is 5. The largest absolute Gasteiger partial charge is 0.483 e. The minimum Gasteiger partial charge on any atom is -0.483 e. The summed E-state index contributed by atoms with van der Waals surface area (Å²) in [5.41, 5.74) is 3.62. The molecule has 1 fully saturated rings. The zero-order chi connectivity index (χ0) is 25.3. The normalized spacial score (nSPS) is 15.9. The smallest absolute Gasteiger partial charge is 0.264 e. The number of ether oxygens (including phenoxy) is 1. The second-order valence-electron chi connectivity index (χ2n) is 9.34. The number of anilines is 2. The van der Waals surface area contributed by atoms with Crippen molar-refractivity contribution in [1.82, 2.24) is 0 Å². The van der Waals surface area contributed by atoms with E-state index in [1.807, 2.05) is 36.4 Å². The lowest BCUT2D eigenvalue weighted by atomic mass is 9.98. The molecule has 1 aliphatic carbocycles. The van der Waals surface area contributed by atoms with E-state index >= 15 is 0 Å². The molecule has 3 aromatic carbocycles. The summed E-state index contributed by atoms with van der Waals surface area (Å²) >= 11 is 0. The molecule has 7 nitrogen and oxygen atoms in total. The van der Waals surface area contributed by atoms with E-state index in [9.17, 15) is 18.5 Å². The molecule has 8 heteroatoms. The van der Waals surface area contributed by atoms with Crippen LogP contribution in [0.2, 0.25) is 0 Å². The summed E-state index contributed by atoms with van der Waals surface area (Å²) < 4.78 is 33.9. The van der Waals surface area contributed by atoms with Crippen LogP contribution in [0.3, 0.4) is 0 Å². The first-order chi connectivity index (χ1) is 17.3. The van der Waals surface area contributed by atoms with Crippen LogP contribution in [0.25, 0.3) is 0 Å². The van der Waals surface area contributed by atoms with Crippen molar-refractivity contribution in [2.24, 2.45) is 0 Å². The molecule has 2 aliphatic rings. The van der Waals surface area contributed by atoms with Crippen LogP contribution in [0.1, 0.15) is 36.0 Å². The SMILES string of the molecule is Cc1cc(S(=O)(=O)N2CCCc3ccccc32)ccc1OCC(=O)Nc1ccc(C2(C#N)CC2)cc1. The van der Waals surface area contributed by atoms with Gasteiger partial charge in [0.05, 0.1) is 22.1 Å². The van der Waals surface area contributed by atoms with E-state index in [1.165, 1.54) is 10.4 Å². The van der Waals surface area contributed by atoms with Crippen LogP contribution in [-0.2, 0) is 26.7 Å². The lowest BCUT2D eigenvalue weighted by Gasteiger charge is -2.30. The van der Waals surface area contributed by atoms with Gasteiger partial charge in [0.25, 0.3) is 15.9 Å². The molecule has 36 heavy (non-hydrogen) atoms. The third-order valence-corrected chi connectivity index (χ3v) is 8.66.